The van der Waals surface area contributed by atoms with E-state index in [2.05, 4.69) is 9.97 Å². The SMILES string of the molecule is COc1ccc(N2C(=O)C(=O)/C(=C(/O)c3ccncc3)C2c2c(C)[nH]c3ccccc23)cc1. The number of carbonyl (C=O) groups is 2. The number of rotatable bonds is 4. The zero-order valence-electron chi connectivity index (χ0n) is 18.1. The second-order valence-electron chi connectivity index (χ2n) is 7.81. The molecule has 5 rings (SSSR count). The lowest BCUT2D eigenvalue weighted by molar-refractivity contribution is -0.132. The Bertz CT molecular complexity index is 1400. The fraction of sp³-hybridized carbons (Fsp3) is 0.115. The van der Waals surface area contributed by atoms with Gasteiger partial charge in [0.1, 0.15) is 11.5 Å². The van der Waals surface area contributed by atoms with Crippen LogP contribution in [0.2, 0.25) is 0 Å². The zero-order chi connectivity index (χ0) is 23.1. The van der Waals surface area contributed by atoms with Crippen LogP contribution in [0, 0.1) is 6.92 Å². The van der Waals surface area contributed by atoms with Crippen molar-refractivity contribution in [2.45, 2.75) is 13.0 Å². The molecule has 1 amide bonds. The van der Waals surface area contributed by atoms with E-state index in [4.69, 9.17) is 4.74 Å². The Balaban J connectivity index is 1.80. The van der Waals surface area contributed by atoms with Gasteiger partial charge in [-0.2, -0.15) is 0 Å². The van der Waals surface area contributed by atoms with Crippen molar-refractivity contribution >= 4 is 34.0 Å². The number of ether oxygens (including phenoxy) is 1. The number of anilines is 1. The molecule has 1 atom stereocenters. The molecule has 0 radical (unpaired) electrons. The van der Waals surface area contributed by atoms with Crippen molar-refractivity contribution in [1.82, 2.24) is 9.97 Å². The number of aromatic nitrogens is 2. The molecule has 2 aromatic carbocycles. The molecule has 7 heteroatoms. The molecule has 4 aromatic rings. The molecule has 1 fully saturated rings. The maximum Gasteiger partial charge on any atom is 0.300 e. The fourth-order valence-corrected chi connectivity index (χ4v) is 4.43. The highest BCUT2D eigenvalue weighted by molar-refractivity contribution is 6.52. The van der Waals surface area contributed by atoms with Crippen LogP contribution >= 0.6 is 0 Å². The van der Waals surface area contributed by atoms with Gasteiger partial charge >= 0.3 is 0 Å². The third kappa shape index (κ3) is 3.25. The Morgan fingerprint density at radius 1 is 1.03 bits per heavy atom. The average molecular weight is 439 g/mol. The molecule has 0 spiro atoms. The van der Waals surface area contributed by atoms with Gasteiger partial charge in [-0.1, -0.05) is 18.2 Å². The summed E-state index contributed by atoms with van der Waals surface area (Å²) in [4.78, 5) is 35.4. The largest absolute Gasteiger partial charge is 0.507 e. The van der Waals surface area contributed by atoms with Crippen LogP contribution < -0.4 is 9.64 Å². The van der Waals surface area contributed by atoms with Crippen LogP contribution in [0.5, 0.6) is 5.75 Å². The number of Topliss-reactive ketones (excluding diaryl/α,β-unsaturated/α-hetero) is 1. The van der Waals surface area contributed by atoms with Crippen LogP contribution in [0.25, 0.3) is 16.7 Å². The van der Waals surface area contributed by atoms with E-state index in [0.29, 0.717) is 17.0 Å². The number of para-hydroxylation sites is 1. The lowest BCUT2D eigenvalue weighted by Crippen LogP contribution is -2.29. The van der Waals surface area contributed by atoms with Gasteiger partial charge < -0.3 is 14.8 Å². The van der Waals surface area contributed by atoms with Gasteiger partial charge in [0, 0.05) is 45.8 Å². The van der Waals surface area contributed by atoms with Gasteiger partial charge in [-0.3, -0.25) is 19.5 Å². The first-order chi connectivity index (χ1) is 16.0. The van der Waals surface area contributed by atoms with Gasteiger partial charge in [-0.05, 0) is 49.4 Å². The number of aliphatic hydroxyl groups excluding tert-OH is 1. The normalized spacial score (nSPS) is 17.6. The molecule has 0 aliphatic carbocycles. The number of fused-ring (bicyclic) bond motifs is 1. The van der Waals surface area contributed by atoms with Crippen molar-refractivity contribution < 1.29 is 19.4 Å². The van der Waals surface area contributed by atoms with Gasteiger partial charge in [0.05, 0.1) is 18.7 Å². The summed E-state index contributed by atoms with van der Waals surface area (Å²) in [5.41, 5.74) is 3.43. The van der Waals surface area contributed by atoms with Crippen molar-refractivity contribution in [2.75, 3.05) is 12.0 Å². The van der Waals surface area contributed by atoms with Crippen molar-refractivity contribution in [1.29, 1.82) is 0 Å². The first-order valence-corrected chi connectivity index (χ1v) is 10.4. The molecule has 1 unspecified atom stereocenters. The van der Waals surface area contributed by atoms with Gasteiger partial charge in [0.15, 0.2) is 0 Å². The highest BCUT2D eigenvalue weighted by atomic mass is 16.5. The number of hydrogen-bond donors (Lipinski definition) is 2. The summed E-state index contributed by atoms with van der Waals surface area (Å²) in [6.45, 7) is 1.90. The van der Waals surface area contributed by atoms with E-state index < -0.39 is 17.7 Å². The highest BCUT2D eigenvalue weighted by Gasteiger charge is 2.48. The number of amides is 1. The Hall–Kier alpha value is -4.39. The first-order valence-electron chi connectivity index (χ1n) is 10.4. The predicted molar refractivity (Wildman–Crippen MR) is 125 cm³/mol. The van der Waals surface area contributed by atoms with Crippen LogP contribution in [0.1, 0.15) is 22.9 Å². The number of methoxy groups -OCH3 is 1. The van der Waals surface area contributed by atoms with E-state index in [1.54, 1.807) is 43.5 Å². The smallest absolute Gasteiger partial charge is 0.300 e. The number of aryl methyl sites for hydroxylation is 1. The molecule has 1 aliphatic heterocycles. The monoisotopic (exact) mass is 439 g/mol. The summed E-state index contributed by atoms with van der Waals surface area (Å²) in [5.74, 6) is -1.05. The molecule has 2 aromatic heterocycles. The van der Waals surface area contributed by atoms with E-state index in [0.717, 1.165) is 22.2 Å². The van der Waals surface area contributed by atoms with Gasteiger partial charge in [0.2, 0.25) is 0 Å². The number of H-pyrrole nitrogens is 1. The topological polar surface area (TPSA) is 95.5 Å². The molecule has 0 bridgehead atoms. The second kappa shape index (κ2) is 7.94. The number of aliphatic hydroxyl groups is 1. The van der Waals surface area contributed by atoms with Gasteiger partial charge in [-0.15, -0.1) is 0 Å². The first kappa shape index (κ1) is 20.5. The third-order valence-electron chi connectivity index (χ3n) is 5.97. The quantitative estimate of drug-likeness (QED) is 0.277. The fourth-order valence-electron chi connectivity index (χ4n) is 4.43. The average Bonchev–Trinajstić information content (AvgIpc) is 3.31. The summed E-state index contributed by atoms with van der Waals surface area (Å²) in [5, 5.41) is 12.1. The number of nitrogens with zero attached hydrogens (tertiary/aromatic N) is 2. The van der Waals surface area contributed by atoms with Crippen molar-refractivity contribution in [2.24, 2.45) is 0 Å². The van der Waals surface area contributed by atoms with E-state index >= 15 is 0 Å². The lowest BCUT2D eigenvalue weighted by Gasteiger charge is -2.26. The van der Waals surface area contributed by atoms with E-state index in [9.17, 15) is 14.7 Å². The maximum absolute atomic E-state index is 13.3. The van der Waals surface area contributed by atoms with Crippen molar-refractivity contribution in [3.63, 3.8) is 0 Å². The molecule has 1 saturated heterocycles. The molecule has 0 saturated carbocycles. The van der Waals surface area contributed by atoms with Crippen LogP contribution in [-0.2, 0) is 9.59 Å². The molecule has 164 valence electrons. The highest BCUT2D eigenvalue weighted by Crippen LogP contribution is 2.45. The molecular weight excluding hydrogens is 418 g/mol. The summed E-state index contributed by atoms with van der Waals surface area (Å²) in [7, 11) is 1.56. The zero-order valence-corrected chi connectivity index (χ0v) is 18.1. The number of pyridine rings is 1. The number of ketones is 1. The van der Waals surface area contributed by atoms with E-state index in [1.807, 2.05) is 31.2 Å². The minimum atomic E-state index is -0.817. The van der Waals surface area contributed by atoms with E-state index in [1.165, 1.54) is 17.3 Å². The van der Waals surface area contributed by atoms with Gasteiger partial charge in [-0.25, -0.2) is 0 Å². The Labute approximate surface area is 190 Å². The molecule has 1 aliphatic rings. The number of nitrogens with one attached hydrogen (secondary N) is 1. The summed E-state index contributed by atoms with van der Waals surface area (Å²) in [6, 6.07) is 17.0. The minimum absolute atomic E-state index is 0.0369. The Morgan fingerprint density at radius 3 is 2.42 bits per heavy atom. The number of hydrogen-bond acceptors (Lipinski definition) is 5. The molecule has 33 heavy (non-hydrogen) atoms. The third-order valence-corrected chi connectivity index (χ3v) is 5.97. The molecule has 7 nitrogen and oxygen atoms in total. The molecule has 2 N–H and O–H groups in total. The molecule has 3 heterocycles. The Morgan fingerprint density at radius 2 is 1.73 bits per heavy atom. The van der Waals surface area contributed by atoms with Crippen LogP contribution in [0.15, 0.2) is 78.6 Å². The summed E-state index contributed by atoms with van der Waals surface area (Å²) in [6.07, 6.45) is 3.06. The standard InChI is InChI=1S/C26H21N3O4/c1-15-21(19-5-3-4-6-20(19)28-15)23-22(24(30)16-11-13-27-14-12-16)25(31)26(32)29(23)17-7-9-18(33-2)10-8-17/h3-14,23,28,30H,1-2H3/b24-22+. The predicted octanol–water partition coefficient (Wildman–Crippen LogP) is 4.51. The van der Waals surface area contributed by atoms with Crippen molar-refractivity contribution in [3.05, 3.63) is 95.5 Å². The summed E-state index contributed by atoms with van der Waals surface area (Å²) < 4.78 is 5.24. The molecular formula is C26H21N3O4. The van der Waals surface area contributed by atoms with E-state index in [-0.39, 0.29) is 11.3 Å². The second-order valence-corrected chi connectivity index (χ2v) is 7.81. The number of aromatic amines is 1. The van der Waals surface area contributed by atoms with Crippen LogP contribution in [0.4, 0.5) is 5.69 Å². The number of benzene rings is 2. The lowest BCUT2D eigenvalue weighted by atomic mass is 9.93. The minimum Gasteiger partial charge on any atom is -0.507 e. The van der Waals surface area contributed by atoms with Crippen molar-refractivity contribution in [3.8, 4) is 5.75 Å². The summed E-state index contributed by atoms with van der Waals surface area (Å²) >= 11 is 0. The van der Waals surface area contributed by atoms with Gasteiger partial charge in [0.25, 0.3) is 11.7 Å². The maximum atomic E-state index is 13.3. The van der Waals surface area contributed by atoms with Crippen LogP contribution in [-0.4, -0.2) is 33.9 Å². The Kier molecular flexibility index (Phi) is 4.94. The van der Waals surface area contributed by atoms with Crippen LogP contribution in [0.3, 0.4) is 0 Å². The number of carbonyl (C=O) groups excluding carboxylic acids is 2.